The number of hydrogen-bond acceptors (Lipinski definition) is 4. The zero-order valence-electron chi connectivity index (χ0n) is 7.72. The second-order valence-electron chi connectivity index (χ2n) is 2.80. The SMILES string of the molecule is Nc1nccnc1Sc1ccc(F)cc1. The van der Waals surface area contributed by atoms with Crippen LogP contribution in [0.25, 0.3) is 0 Å². The number of benzene rings is 1. The normalized spacial score (nSPS) is 10.2. The minimum absolute atomic E-state index is 0.258. The summed E-state index contributed by atoms with van der Waals surface area (Å²) < 4.78 is 12.6. The quantitative estimate of drug-likeness (QED) is 0.845. The molecule has 2 N–H and O–H groups in total. The Bertz CT molecular complexity index is 458. The zero-order valence-corrected chi connectivity index (χ0v) is 8.54. The number of halogens is 1. The number of hydrogen-bond donors (Lipinski definition) is 1. The Labute approximate surface area is 90.6 Å². The molecule has 0 radical (unpaired) electrons. The lowest BCUT2D eigenvalue weighted by Gasteiger charge is -2.02. The smallest absolute Gasteiger partial charge is 0.156 e. The average molecular weight is 221 g/mol. The van der Waals surface area contributed by atoms with Gasteiger partial charge in [-0.05, 0) is 24.3 Å². The molecular weight excluding hydrogens is 213 g/mol. The van der Waals surface area contributed by atoms with Crippen molar-refractivity contribution in [2.24, 2.45) is 0 Å². The summed E-state index contributed by atoms with van der Waals surface area (Å²) >= 11 is 1.36. The summed E-state index contributed by atoms with van der Waals surface area (Å²) in [7, 11) is 0. The van der Waals surface area contributed by atoms with Crippen LogP contribution < -0.4 is 5.73 Å². The first-order valence-electron chi connectivity index (χ1n) is 4.25. The maximum atomic E-state index is 12.6. The summed E-state index contributed by atoms with van der Waals surface area (Å²) in [4.78, 5) is 8.87. The van der Waals surface area contributed by atoms with Gasteiger partial charge in [-0.25, -0.2) is 14.4 Å². The summed E-state index contributed by atoms with van der Waals surface area (Å²) in [5.74, 6) is 0.123. The molecule has 2 rings (SSSR count). The Morgan fingerprint density at radius 2 is 1.73 bits per heavy atom. The Morgan fingerprint density at radius 3 is 2.40 bits per heavy atom. The number of anilines is 1. The second-order valence-corrected chi connectivity index (χ2v) is 3.86. The minimum atomic E-state index is -0.258. The van der Waals surface area contributed by atoms with E-state index in [1.165, 1.54) is 30.1 Å². The Hall–Kier alpha value is -1.62. The Kier molecular flexibility index (Phi) is 2.82. The number of rotatable bonds is 2. The fourth-order valence-corrected chi connectivity index (χ4v) is 1.80. The van der Waals surface area contributed by atoms with Gasteiger partial charge in [-0.3, -0.25) is 0 Å². The topological polar surface area (TPSA) is 51.8 Å². The van der Waals surface area contributed by atoms with E-state index < -0.39 is 0 Å². The molecular formula is C10H8FN3S. The van der Waals surface area contributed by atoms with E-state index in [1.807, 2.05) is 0 Å². The van der Waals surface area contributed by atoms with Gasteiger partial charge in [-0.1, -0.05) is 11.8 Å². The van der Waals surface area contributed by atoms with Crippen LogP contribution in [0, 0.1) is 5.82 Å². The predicted molar refractivity (Wildman–Crippen MR) is 57.0 cm³/mol. The summed E-state index contributed by atoms with van der Waals surface area (Å²) in [5.41, 5.74) is 5.63. The van der Waals surface area contributed by atoms with Crippen molar-refractivity contribution < 1.29 is 4.39 Å². The molecule has 2 aromatic rings. The van der Waals surface area contributed by atoms with Crippen molar-refractivity contribution >= 4 is 17.6 Å². The molecule has 1 aromatic carbocycles. The maximum Gasteiger partial charge on any atom is 0.156 e. The average Bonchev–Trinajstić information content (AvgIpc) is 2.25. The fourth-order valence-electron chi connectivity index (χ4n) is 1.03. The first kappa shape index (κ1) is 9.92. The molecule has 0 bridgehead atoms. The lowest BCUT2D eigenvalue weighted by Crippen LogP contribution is -1.94. The summed E-state index contributed by atoms with van der Waals surface area (Å²) in [6.45, 7) is 0. The van der Waals surface area contributed by atoms with Crippen molar-refractivity contribution in [1.29, 1.82) is 0 Å². The molecule has 1 aromatic heterocycles. The summed E-state index contributed by atoms with van der Waals surface area (Å²) in [6.07, 6.45) is 3.10. The summed E-state index contributed by atoms with van der Waals surface area (Å²) in [6, 6.07) is 6.14. The van der Waals surface area contributed by atoms with Gasteiger partial charge in [0.15, 0.2) is 5.82 Å². The van der Waals surface area contributed by atoms with E-state index in [9.17, 15) is 4.39 Å². The fraction of sp³-hybridized carbons (Fsp3) is 0. The van der Waals surface area contributed by atoms with E-state index >= 15 is 0 Å². The molecule has 3 nitrogen and oxygen atoms in total. The molecule has 0 aliphatic heterocycles. The van der Waals surface area contributed by atoms with Crippen LogP contribution in [0.1, 0.15) is 0 Å². The first-order chi connectivity index (χ1) is 7.25. The molecule has 0 aliphatic carbocycles. The van der Waals surface area contributed by atoms with Crippen LogP contribution >= 0.6 is 11.8 Å². The first-order valence-corrected chi connectivity index (χ1v) is 5.07. The van der Waals surface area contributed by atoms with Gasteiger partial charge in [-0.2, -0.15) is 0 Å². The van der Waals surface area contributed by atoms with Gasteiger partial charge < -0.3 is 5.73 Å². The van der Waals surface area contributed by atoms with Crippen LogP contribution in [0.4, 0.5) is 10.2 Å². The van der Waals surface area contributed by atoms with Crippen molar-refractivity contribution in [3.63, 3.8) is 0 Å². The molecule has 0 atom stereocenters. The third-order valence-electron chi connectivity index (χ3n) is 1.72. The van der Waals surface area contributed by atoms with Gasteiger partial charge in [0.25, 0.3) is 0 Å². The van der Waals surface area contributed by atoms with Crippen LogP contribution in [0.15, 0.2) is 46.6 Å². The van der Waals surface area contributed by atoms with Gasteiger partial charge in [0.2, 0.25) is 0 Å². The van der Waals surface area contributed by atoms with Crippen molar-refractivity contribution in [2.45, 2.75) is 9.92 Å². The number of nitrogen functional groups attached to an aromatic ring is 1. The lowest BCUT2D eigenvalue weighted by molar-refractivity contribution is 0.626. The van der Waals surface area contributed by atoms with Gasteiger partial charge in [0, 0.05) is 17.3 Å². The maximum absolute atomic E-state index is 12.6. The van der Waals surface area contributed by atoms with Gasteiger partial charge in [0.05, 0.1) is 0 Å². The van der Waals surface area contributed by atoms with E-state index in [0.717, 1.165) is 4.90 Å². The second kappa shape index (κ2) is 4.27. The monoisotopic (exact) mass is 221 g/mol. The zero-order chi connectivity index (χ0) is 10.7. The van der Waals surface area contributed by atoms with E-state index in [2.05, 4.69) is 9.97 Å². The van der Waals surface area contributed by atoms with Gasteiger partial charge in [-0.15, -0.1) is 0 Å². The standard InChI is InChI=1S/C10H8FN3S/c11-7-1-3-8(4-2-7)15-10-9(12)13-5-6-14-10/h1-6H,(H2,12,13). The number of aromatic nitrogens is 2. The van der Waals surface area contributed by atoms with Gasteiger partial charge >= 0.3 is 0 Å². The lowest BCUT2D eigenvalue weighted by atomic mass is 10.4. The number of nitrogens with two attached hydrogens (primary N) is 1. The molecule has 76 valence electrons. The van der Waals surface area contributed by atoms with Crippen molar-refractivity contribution in [2.75, 3.05) is 5.73 Å². The van der Waals surface area contributed by atoms with Crippen LogP contribution in [-0.2, 0) is 0 Å². The molecule has 1 heterocycles. The largest absolute Gasteiger partial charge is 0.381 e. The molecule has 5 heteroatoms. The Balaban J connectivity index is 2.22. The van der Waals surface area contributed by atoms with Crippen molar-refractivity contribution in [3.8, 4) is 0 Å². The van der Waals surface area contributed by atoms with Gasteiger partial charge in [0.1, 0.15) is 10.8 Å². The van der Waals surface area contributed by atoms with Crippen LogP contribution in [0.5, 0.6) is 0 Å². The highest BCUT2D eigenvalue weighted by Crippen LogP contribution is 2.28. The Morgan fingerprint density at radius 1 is 1.07 bits per heavy atom. The minimum Gasteiger partial charge on any atom is -0.381 e. The van der Waals surface area contributed by atoms with Crippen molar-refractivity contribution in [3.05, 3.63) is 42.5 Å². The molecule has 0 saturated carbocycles. The highest BCUT2D eigenvalue weighted by molar-refractivity contribution is 7.99. The molecule has 0 amide bonds. The van der Waals surface area contributed by atoms with E-state index in [-0.39, 0.29) is 5.82 Å². The molecule has 0 aliphatic rings. The third kappa shape index (κ3) is 2.44. The molecule has 15 heavy (non-hydrogen) atoms. The predicted octanol–water partition coefficient (Wildman–Crippen LogP) is 2.35. The van der Waals surface area contributed by atoms with E-state index in [1.54, 1.807) is 18.3 Å². The third-order valence-corrected chi connectivity index (χ3v) is 2.74. The molecule has 0 fully saturated rings. The van der Waals surface area contributed by atoms with Crippen LogP contribution in [0.2, 0.25) is 0 Å². The molecule has 0 spiro atoms. The van der Waals surface area contributed by atoms with Crippen LogP contribution in [-0.4, -0.2) is 9.97 Å². The highest BCUT2D eigenvalue weighted by Gasteiger charge is 2.03. The van der Waals surface area contributed by atoms with Crippen LogP contribution in [0.3, 0.4) is 0 Å². The van der Waals surface area contributed by atoms with E-state index in [0.29, 0.717) is 10.8 Å². The van der Waals surface area contributed by atoms with E-state index in [4.69, 9.17) is 5.73 Å². The number of nitrogens with zero attached hydrogens (tertiary/aromatic N) is 2. The highest BCUT2D eigenvalue weighted by atomic mass is 32.2. The molecule has 0 unspecified atom stereocenters. The summed E-state index contributed by atoms with van der Waals surface area (Å²) in [5, 5.41) is 0.629. The van der Waals surface area contributed by atoms with Crippen molar-refractivity contribution in [1.82, 2.24) is 9.97 Å². The molecule has 0 saturated heterocycles.